The lowest BCUT2D eigenvalue weighted by molar-refractivity contribution is 0.188. The van der Waals surface area contributed by atoms with Crippen molar-refractivity contribution >= 4 is 22.9 Å². The van der Waals surface area contributed by atoms with Crippen molar-refractivity contribution in [2.24, 2.45) is 5.73 Å². The van der Waals surface area contributed by atoms with E-state index in [2.05, 4.69) is 0 Å². The number of halogens is 1. The van der Waals surface area contributed by atoms with Crippen LogP contribution in [0.25, 0.3) is 0 Å². The van der Waals surface area contributed by atoms with E-state index < -0.39 is 0 Å². The van der Waals surface area contributed by atoms with Crippen LogP contribution in [-0.4, -0.2) is 13.7 Å². The molecule has 4 heteroatoms. The molecular formula is C8H12ClNOS. The van der Waals surface area contributed by atoms with Gasteiger partial charge >= 0.3 is 0 Å². The standard InChI is InChI=1S/C8H12ClNOS/c1-11-5-4-6(10)7-2-3-8(9)12-7/h2-3,6H,4-5,10H2,1H3. The molecule has 0 radical (unpaired) electrons. The van der Waals surface area contributed by atoms with Crippen LogP contribution < -0.4 is 5.73 Å². The smallest absolute Gasteiger partial charge is 0.0931 e. The summed E-state index contributed by atoms with van der Waals surface area (Å²) in [7, 11) is 1.67. The van der Waals surface area contributed by atoms with Crippen LogP contribution in [0.2, 0.25) is 4.34 Å². The molecule has 2 N–H and O–H groups in total. The van der Waals surface area contributed by atoms with Crippen molar-refractivity contribution in [3.63, 3.8) is 0 Å². The van der Waals surface area contributed by atoms with E-state index in [0.29, 0.717) is 6.61 Å². The number of hydrogen-bond acceptors (Lipinski definition) is 3. The lowest BCUT2D eigenvalue weighted by Gasteiger charge is -2.07. The molecule has 0 spiro atoms. The summed E-state index contributed by atoms with van der Waals surface area (Å²) in [6.07, 6.45) is 0.841. The molecule has 1 aromatic rings. The number of hydrogen-bond donors (Lipinski definition) is 1. The number of thiophene rings is 1. The van der Waals surface area contributed by atoms with Crippen LogP contribution in [0.3, 0.4) is 0 Å². The third-order valence-corrected chi connectivity index (χ3v) is 2.96. The molecule has 0 aromatic carbocycles. The van der Waals surface area contributed by atoms with Gasteiger partial charge in [-0.25, -0.2) is 0 Å². The van der Waals surface area contributed by atoms with E-state index in [4.69, 9.17) is 22.1 Å². The Balaban J connectivity index is 2.47. The van der Waals surface area contributed by atoms with Crippen molar-refractivity contribution in [2.75, 3.05) is 13.7 Å². The molecule has 1 rings (SSSR count). The van der Waals surface area contributed by atoms with Gasteiger partial charge < -0.3 is 10.5 Å². The Kier molecular flexibility index (Phi) is 4.01. The van der Waals surface area contributed by atoms with Gasteiger partial charge in [-0.05, 0) is 18.6 Å². The summed E-state index contributed by atoms with van der Waals surface area (Å²) in [5, 5.41) is 0. The van der Waals surface area contributed by atoms with Crippen LogP contribution >= 0.6 is 22.9 Å². The fourth-order valence-electron chi connectivity index (χ4n) is 0.915. The molecule has 1 heterocycles. The predicted molar refractivity (Wildman–Crippen MR) is 52.8 cm³/mol. The van der Waals surface area contributed by atoms with Crippen LogP contribution in [0.1, 0.15) is 17.3 Å². The van der Waals surface area contributed by atoms with Crippen LogP contribution in [0, 0.1) is 0 Å². The fourth-order valence-corrected chi connectivity index (χ4v) is 2.01. The summed E-state index contributed by atoms with van der Waals surface area (Å²) in [5.41, 5.74) is 5.87. The van der Waals surface area contributed by atoms with Crippen LogP contribution in [0.15, 0.2) is 12.1 Å². The number of methoxy groups -OCH3 is 1. The van der Waals surface area contributed by atoms with Gasteiger partial charge in [0.05, 0.1) is 4.34 Å². The molecule has 2 nitrogen and oxygen atoms in total. The van der Waals surface area contributed by atoms with Gasteiger partial charge in [0.2, 0.25) is 0 Å². The van der Waals surface area contributed by atoms with Gasteiger partial charge in [-0.3, -0.25) is 0 Å². The summed E-state index contributed by atoms with van der Waals surface area (Å²) in [5.74, 6) is 0. The largest absolute Gasteiger partial charge is 0.385 e. The summed E-state index contributed by atoms with van der Waals surface area (Å²) in [6, 6.07) is 3.89. The van der Waals surface area contributed by atoms with E-state index in [1.807, 2.05) is 12.1 Å². The molecule has 0 aliphatic carbocycles. The summed E-state index contributed by atoms with van der Waals surface area (Å²) >= 11 is 7.30. The van der Waals surface area contributed by atoms with Crippen molar-refractivity contribution in [1.29, 1.82) is 0 Å². The maximum Gasteiger partial charge on any atom is 0.0931 e. The Morgan fingerprint density at radius 2 is 2.42 bits per heavy atom. The lowest BCUT2D eigenvalue weighted by atomic mass is 10.2. The highest BCUT2D eigenvalue weighted by molar-refractivity contribution is 7.16. The molecular weight excluding hydrogens is 194 g/mol. The Morgan fingerprint density at radius 3 is 2.92 bits per heavy atom. The zero-order chi connectivity index (χ0) is 8.97. The minimum absolute atomic E-state index is 0.0578. The minimum atomic E-state index is 0.0578. The molecule has 0 aliphatic heterocycles. The van der Waals surface area contributed by atoms with Crippen molar-refractivity contribution in [2.45, 2.75) is 12.5 Å². The quantitative estimate of drug-likeness (QED) is 0.820. The van der Waals surface area contributed by atoms with Crippen molar-refractivity contribution in [3.8, 4) is 0 Å². The van der Waals surface area contributed by atoms with Gasteiger partial charge in [0, 0.05) is 24.6 Å². The average Bonchev–Trinajstić information content (AvgIpc) is 2.47. The molecule has 0 saturated carbocycles. The van der Waals surface area contributed by atoms with Gasteiger partial charge in [-0.2, -0.15) is 0 Å². The average molecular weight is 206 g/mol. The van der Waals surface area contributed by atoms with E-state index in [0.717, 1.165) is 15.6 Å². The zero-order valence-corrected chi connectivity index (χ0v) is 8.49. The molecule has 0 bridgehead atoms. The minimum Gasteiger partial charge on any atom is -0.385 e. The van der Waals surface area contributed by atoms with Crippen LogP contribution in [-0.2, 0) is 4.74 Å². The maximum absolute atomic E-state index is 5.87. The highest BCUT2D eigenvalue weighted by atomic mass is 35.5. The Hall–Kier alpha value is -0.0900. The van der Waals surface area contributed by atoms with Crippen LogP contribution in [0.4, 0.5) is 0 Å². The first-order valence-electron chi connectivity index (χ1n) is 3.74. The van der Waals surface area contributed by atoms with Crippen molar-refractivity contribution in [3.05, 3.63) is 21.3 Å². The summed E-state index contributed by atoms with van der Waals surface area (Å²) < 4.78 is 5.72. The Labute approximate surface area is 81.3 Å². The topological polar surface area (TPSA) is 35.2 Å². The van der Waals surface area contributed by atoms with E-state index in [1.165, 1.54) is 11.3 Å². The Morgan fingerprint density at radius 1 is 1.67 bits per heavy atom. The molecule has 1 aromatic heterocycles. The monoisotopic (exact) mass is 205 g/mol. The normalized spacial score (nSPS) is 13.2. The lowest BCUT2D eigenvalue weighted by Crippen LogP contribution is -2.10. The van der Waals surface area contributed by atoms with Gasteiger partial charge in [-0.15, -0.1) is 11.3 Å². The fraction of sp³-hybridized carbons (Fsp3) is 0.500. The first-order valence-corrected chi connectivity index (χ1v) is 4.93. The molecule has 0 amide bonds. The second-order valence-corrected chi connectivity index (χ2v) is 4.28. The molecule has 12 heavy (non-hydrogen) atoms. The molecule has 68 valence electrons. The highest BCUT2D eigenvalue weighted by Gasteiger charge is 2.07. The van der Waals surface area contributed by atoms with Gasteiger partial charge in [-0.1, -0.05) is 11.6 Å². The van der Waals surface area contributed by atoms with E-state index in [-0.39, 0.29) is 6.04 Å². The van der Waals surface area contributed by atoms with Gasteiger partial charge in [0.15, 0.2) is 0 Å². The van der Waals surface area contributed by atoms with Gasteiger partial charge in [0.1, 0.15) is 0 Å². The van der Waals surface area contributed by atoms with Crippen LogP contribution in [0.5, 0.6) is 0 Å². The number of rotatable bonds is 4. The molecule has 1 unspecified atom stereocenters. The second kappa shape index (κ2) is 4.82. The van der Waals surface area contributed by atoms with E-state index in [9.17, 15) is 0 Å². The molecule has 0 saturated heterocycles. The van der Waals surface area contributed by atoms with E-state index >= 15 is 0 Å². The van der Waals surface area contributed by atoms with E-state index in [1.54, 1.807) is 7.11 Å². The summed E-state index contributed by atoms with van der Waals surface area (Å²) in [4.78, 5) is 1.12. The molecule has 0 fully saturated rings. The van der Waals surface area contributed by atoms with Crippen molar-refractivity contribution < 1.29 is 4.74 Å². The predicted octanol–water partition coefficient (Wildman–Crippen LogP) is 2.44. The first-order chi connectivity index (χ1) is 5.74. The zero-order valence-electron chi connectivity index (χ0n) is 6.92. The highest BCUT2D eigenvalue weighted by Crippen LogP contribution is 2.26. The maximum atomic E-state index is 5.87. The van der Waals surface area contributed by atoms with Gasteiger partial charge in [0.25, 0.3) is 0 Å². The second-order valence-electron chi connectivity index (χ2n) is 2.53. The SMILES string of the molecule is COCCC(N)c1ccc(Cl)s1. The summed E-state index contributed by atoms with van der Waals surface area (Å²) in [6.45, 7) is 0.691. The third-order valence-electron chi connectivity index (χ3n) is 1.59. The number of nitrogens with two attached hydrogens (primary N) is 1. The molecule has 1 atom stereocenters. The Bertz CT molecular complexity index is 239. The molecule has 0 aliphatic rings. The first kappa shape index (κ1) is 9.99. The number of ether oxygens (including phenoxy) is 1. The third kappa shape index (κ3) is 2.75. The van der Waals surface area contributed by atoms with Crippen molar-refractivity contribution in [1.82, 2.24) is 0 Å².